The van der Waals surface area contributed by atoms with Gasteiger partial charge >= 0.3 is 34.1 Å². The first-order valence-electron chi connectivity index (χ1n) is 36.1. The molecule has 8 nitrogen and oxygen atoms in total. The van der Waals surface area contributed by atoms with Crippen molar-refractivity contribution in [3.05, 3.63) is 429 Å². The largest absolute Gasteiger partial charge is 1.00 e. The molecule has 0 spiro atoms. The van der Waals surface area contributed by atoms with Gasteiger partial charge in [-0.05, 0) is 212 Å². The summed E-state index contributed by atoms with van der Waals surface area (Å²) in [5.74, 6) is 4.04. The Labute approximate surface area is 640 Å². The average Bonchev–Trinajstić information content (AvgIpc) is 1.60. The fourth-order valence-corrected chi connectivity index (χ4v) is 15.4. The fourth-order valence-electron chi connectivity index (χ4n) is 15.4. The summed E-state index contributed by atoms with van der Waals surface area (Å²) in [5.41, 5.74) is 32.0. The zero-order valence-corrected chi connectivity index (χ0v) is 60.9. The molecule has 1 aliphatic rings. The Morgan fingerprint density at radius 1 is 0.217 bits per heavy atom. The Hall–Kier alpha value is -12.0. The van der Waals surface area contributed by atoms with Crippen LogP contribution in [0, 0.1) is 23.7 Å². The van der Waals surface area contributed by atoms with Crippen LogP contribution in [0.3, 0.4) is 0 Å². The van der Waals surface area contributed by atoms with Crippen LogP contribution in [0.1, 0.15) is 118 Å². The molecule has 0 N–H and O–H groups in total. The zero-order chi connectivity index (χ0) is 70.0. The van der Waals surface area contributed by atoms with Gasteiger partial charge in [0.15, 0.2) is 0 Å². The molecule has 17 aromatic rings. The van der Waals surface area contributed by atoms with Gasteiger partial charge < -0.3 is 39.9 Å². The number of aromatic nitrogens is 8. The van der Waals surface area contributed by atoms with Crippen LogP contribution in [0.25, 0.3) is 88.6 Å². The molecule has 16 bridgehead atoms. The van der Waals surface area contributed by atoms with Crippen LogP contribution in [0.5, 0.6) is 0 Å². The van der Waals surface area contributed by atoms with E-state index in [4.69, 9.17) is 39.9 Å². The molecule has 0 radical (unpaired) electrons. The molecule has 0 atom stereocenters. The van der Waals surface area contributed by atoms with E-state index in [1.165, 1.54) is 22.3 Å². The molecule has 518 valence electrons. The second-order valence-electron chi connectivity index (χ2n) is 26.2. The van der Waals surface area contributed by atoms with Gasteiger partial charge in [-0.15, -0.1) is 22.1 Å². The molecule has 1 aliphatic heterocycles. The van der Waals surface area contributed by atoms with Crippen LogP contribution in [0.4, 0.5) is 0 Å². The van der Waals surface area contributed by atoms with E-state index in [1.807, 2.05) is 24.3 Å². The number of fused-ring (bicyclic) bond motifs is 16. The van der Waals surface area contributed by atoms with Gasteiger partial charge in [0, 0.05) is 192 Å². The van der Waals surface area contributed by atoms with E-state index in [9.17, 15) is 0 Å². The number of hydrogen-bond donors (Lipinski definition) is 0. The molecular weight excluding hydrogens is 1390 g/mol. The maximum atomic E-state index is 5.65. The number of nitrogens with zero attached hydrogens (tertiary/aromatic N) is 8. The summed E-state index contributed by atoms with van der Waals surface area (Å²) in [6.07, 6.45) is 3.35. The normalized spacial score (nSPS) is 11.9. The van der Waals surface area contributed by atoms with E-state index in [1.54, 1.807) is 0 Å². The van der Waals surface area contributed by atoms with E-state index in [-0.39, 0.29) is 34.1 Å². The van der Waals surface area contributed by atoms with Crippen LogP contribution >= 0.6 is 0 Å². The van der Waals surface area contributed by atoms with Gasteiger partial charge in [-0.25, -0.2) is 0 Å². The number of hydrogen-bond acceptors (Lipinski definition) is 0. The second kappa shape index (κ2) is 30.7. The summed E-state index contributed by atoms with van der Waals surface area (Å²) >= 11 is 0. The molecule has 0 amide bonds. The molecule has 0 fully saturated rings. The van der Waals surface area contributed by atoms with E-state index in [0.717, 1.165) is 206 Å². The van der Waals surface area contributed by atoms with Crippen LogP contribution < -0.4 is 39.9 Å². The van der Waals surface area contributed by atoms with Crippen LogP contribution in [0.15, 0.2) is 315 Å². The van der Waals surface area contributed by atoms with E-state index in [2.05, 4.69) is 319 Å². The number of aryl methyl sites for hydroxylation is 2. The van der Waals surface area contributed by atoms with Gasteiger partial charge in [0.25, 0.3) is 0 Å². The molecule has 10 heterocycles. The van der Waals surface area contributed by atoms with E-state index >= 15 is 0 Å². The molecule has 0 saturated heterocycles. The first-order valence-corrected chi connectivity index (χ1v) is 36.1. The Morgan fingerprint density at radius 2 is 0.472 bits per heavy atom. The summed E-state index contributed by atoms with van der Waals surface area (Å²) in [6.45, 7) is 8.95. The minimum Gasteiger partial charge on any atom is -0.657 e. The van der Waals surface area contributed by atoms with Crippen molar-refractivity contribution >= 4 is 44.1 Å². The van der Waals surface area contributed by atoms with Crippen LogP contribution in [-0.4, -0.2) is 0 Å². The topological polar surface area (TPSA) is 113 Å². The molecule has 10 heteroatoms. The molecule has 0 unspecified atom stereocenters. The van der Waals surface area contributed by atoms with E-state index in [0.29, 0.717) is 0 Å². The Bertz CT molecular complexity index is 5560. The zero-order valence-electron chi connectivity index (χ0n) is 59.0. The van der Waals surface area contributed by atoms with Gasteiger partial charge in [-0.3, -0.25) is 0 Å². The summed E-state index contributed by atoms with van der Waals surface area (Å²) < 4.78 is 0. The minimum atomic E-state index is 0. The summed E-state index contributed by atoms with van der Waals surface area (Å²) in [6, 6.07) is 110. The molecular formula is C96H72Cu2N8. The van der Waals surface area contributed by atoms with Gasteiger partial charge in [0.2, 0.25) is 0 Å². The van der Waals surface area contributed by atoms with Crippen molar-refractivity contribution in [1.82, 2.24) is 39.9 Å². The maximum absolute atomic E-state index is 5.65. The third kappa shape index (κ3) is 13.0. The van der Waals surface area contributed by atoms with Crippen molar-refractivity contribution in [2.75, 3.05) is 0 Å². The van der Waals surface area contributed by atoms with Gasteiger partial charge in [0.1, 0.15) is 0 Å². The third-order valence-electron chi connectivity index (χ3n) is 20.1. The van der Waals surface area contributed by atoms with Crippen molar-refractivity contribution in [3.8, 4) is 44.5 Å². The number of rotatable bonds is 12. The SMILES string of the molecule is CCc1c(CC)c2[n-]c1[c+](-c1ccccc1)c1ccc([n-]1)c(-c1ccccc1)c1ccc([n-]1)c(-c1ccccc1)c1ccc([n-]1)[c+]2-c1ccccc1.CCc1c2[n-]c(c1CC)[C+](c1ccccc1)c1ccc([n-]1)[C+](c1ccccc1)c1ccc([n-]1)[C+](c1ccccc1)c1ccc([n-]1)[C+]2c1ccccc1.[Cu+].[Cu+]. The van der Waals surface area contributed by atoms with Crippen LogP contribution in [0.2, 0.25) is 0 Å². The fraction of sp³-hybridized carbons (Fsp3) is 0.0833. The third-order valence-corrected chi connectivity index (χ3v) is 20.1. The molecule has 8 aromatic carbocycles. The predicted octanol–water partition coefficient (Wildman–Crippen LogP) is 20.6. The molecule has 9 aromatic heterocycles. The van der Waals surface area contributed by atoms with Crippen molar-refractivity contribution < 1.29 is 34.1 Å². The van der Waals surface area contributed by atoms with Crippen molar-refractivity contribution in [2.24, 2.45) is 0 Å². The number of benzene rings is 8. The predicted molar refractivity (Wildman–Crippen MR) is 422 cm³/mol. The first kappa shape index (κ1) is 69.7. The summed E-state index contributed by atoms with van der Waals surface area (Å²) in [5, 5.41) is 0. The average molecular weight is 1460 g/mol. The van der Waals surface area contributed by atoms with Crippen molar-refractivity contribution in [3.63, 3.8) is 0 Å². The smallest absolute Gasteiger partial charge is 0.657 e. The quantitative estimate of drug-likeness (QED) is 0.0878. The molecule has 106 heavy (non-hydrogen) atoms. The molecule has 0 saturated carbocycles. The van der Waals surface area contributed by atoms with Crippen molar-refractivity contribution in [2.45, 2.75) is 53.4 Å². The van der Waals surface area contributed by atoms with Gasteiger partial charge in [-0.2, -0.15) is 0 Å². The molecule has 18 rings (SSSR count). The Morgan fingerprint density at radius 3 is 0.774 bits per heavy atom. The summed E-state index contributed by atoms with van der Waals surface area (Å²) in [4.78, 5) is 43.8. The molecule has 0 aliphatic carbocycles. The van der Waals surface area contributed by atoms with Crippen molar-refractivity contribution in [1.29, 1.82) is 0 Å². The first-order chi connectivity index (χ1) is 51.4. The summed E-state index contributed by atoms with van der Waals surface area (Å²) in [7, 11) is 0. The minimum absolute atomic E-state index is 0. The van der Waals surface area contributed by atoms with Crippen LogP contribution in [-0.2, 0) is 59.8 Å². The maximum Gasteiger partial charge on any atom is 1.00 e. The Balaban J connectivity index is 0.000000167. The standard InChI is InChI=1S/2C48H36N4.2Cu/c2*1-3-35-36(4-2)48-46(34-23-15-8-16-24-34)42-30-28-40(51-42)44(32-19-11-6-12-20-32)38-26-25-37(49-38)43(31-17-9-5-10-18-31)39-27-29-41(50-39)45(47(35)52-48)33-21-13-7-14-22-33;;/h2*5-30H,3-4H2,1-2H3;;/q;-2;2*+1. The van der Waals surface area contributed by atoms with Gasteiger partial charge in [-0.1, -0.05) is 112 Å². The Kier molecular flexibility index (Phi) is 20.2. The monoisotopic (exact) mass is 1460 g/mol. The van der Waals surface area contributed by atoms with Gasteiger partial charge in [0.05, 0.1) is 33.4 Å². The van der Waals surface area contributed by atoms with E-state index < -0.39 is 0 Å². The second-order valence-corrected chi connectivity index (χ2v) is 26.2.